The summed E-state index contributed by atoms with van der Waals surface area (Å²) in [6, 6.07) is 5.96. The first-order valence-corrected chi connectivity index (χ1v) is 7.53. The van der Waals surface area contributed by atoms with Gasteiger partial charge in [-0.25, -0.2) is 9.37 Å². The van der Waals surface area contributed by atoms with Gasteiger partial charge in [0.05, 0.1) is 6.10 Å². The molecule has 0 spiro atoms. The Morgan fingerprint density at radius 2 is 2.05 bits per heavy atom. The second-order valence-corrected chi connectivity index (χ2v) is 5.92. The van der Waals surface area contributed by atoms with Gasteiger partial charge in [0.2, 0.25) is 0 Å². The van der Waals surface area contributed by atoms with Crippen molar-refractivity contribution >= 4 is 17.2 Å². The fraction of sp³-hybridized carbons (Fsp3) is 0.333. The van der Waals surface area contributed by atoms with Crippen LogP contribution in [0.2, 0.25) is 0 Å². The van der Waals surface area contributed by atoms with Crippen LogP contribution in [-0.2, 0) is 0 Å². The monoisotopic (exact) mass is 308 g/mol. The van der Waals surface area contributed by atoms with Crippen molar-refractivity contribution in [2.75, 3.05) is 6.54 Å². The Labute approximate surface area is 126 Å². The molecule has 1 aromatic carbocycles. The molecule has 0 bridgehead atoms. The van der Waals surface area contributed by atoms with Gasteiger partial charge in [0.1, 0.15) is 16.5 Å². The molecule has 1 amide bonds. The average Bonchev–Trinajstić information content (AvgIpc) is 2.94. The van der Waals surface area contributed by atoms with Crippen LogP contribution in [0.15, 0.2) is 29.6 Å². The number of hydrogen-bond acceptors (Lipinski definition) is 4. The van der Waals surface area contributed by atoms with Gasteiger partial charge in [0, 0.05) is 17.5 Å². The summed E-state index contributed by atoms with van der Waals surface area (Å²) in [5.74, 6) is -0.550. The fourth-order valence-corrected chi connectivity index (χ4v) is 2.43. The minimum absolute atomic E-state index is 0.0792. The summed E-state index contributed by atoms with van der Waals surface area (Å²) in [5.41, 5.74) is 1.07. The largest absolute Gasteiger partial charge is 0.391 e. The molecule has 6 heteroatoms. The molecule has 4 nitrogen and oxygen atoms in total. The van der Waals surface area contributed by atoms with Crippen LogP contribution in [0, 0.1) is 11.7 Å². The smallest absolute Gasteiger partial charge is 0.270 e. The summed E-state index contributed by atoms with van der Waals surface area (Å²) < 4.78 is 12.9. The molecule has 0 radical (unpaired) electrons. The number of carbonyl (C=O) groups excluding carboxylic acids is 1. The molecule has 2 aromatic rings. The normalized spacial score (nSPS) is 12.4. The number of thiazole rings is 1. The van der Waals surface area contributed by atoms with Gasteiger partial charge in [-0.15, -0.1) is 11.3 Å². The molecule has 0 saturated heterocycles. The molecule has 0 aliphatic heterocycles. The number of rotatable bonds is 5. The molecular weight excluding hydrogens is 291 g/mol. The highest BCUT2D eigenvalue weighted by Crippen LogP contribution is 2.23. The van der Waals surface area contributed by atoms with Gasteiger partial charge in [-0.05, 0) is 30.2 Å². The molecule has 21 heavy (non-hydrogen) atoms. The number of benzene rings is 1. The number of halogens is 1. The molecule has 1 unspecified atom stereocenters. The highest BCUT2D eigenvalue weighted by atomic mass is 32.1. The highest BCUT2D eigenvalue weighted by molar-refractivity contribution is 7.13. The molecule has 1 heterocycles. The van der Waals surface area contributed by atoms with Crippen LogP contribution >= 0.6 is 11.3 Å². The second kappa shape index (κ2) is 6.78. The van der Waals surface area contributed by atoms with E-state index in [0.29, 0.717) is 10.7 Å². The van der Waals surface area contributed by atoms with Gasteiger partial charge in [0.25, 0.3) is 5.91 Å². The number of carbonyl (C=O) groups is 1. The van der Waals surface area contributed by atoms with Crippen molar-refractivity contribution < 1.29 is 14.3 Å². The second-order valence-electron chi connectivity index (χ2n) is 5.07. The zero-order chi connectivity index (χ0) is 15.4. The van der Waals surface area contributed by atoms with E-state index in [1.54, 1.807) is 17.5 Å². The Morgan fingerprint density at radius 1 is 1.38 bits per heavy atom. The summed E-state index contributed by atoms with van der Waals surface area (Å²) in [6.07, 6.45) is -0.579. The lowest BCUT2D eigenvalue weighted by Gasteiger charge is -2.14. The third kappa shape index (κ3) is 4.09. The Kier molecular flexibility index (Phi) is 5.03. The Hall–Kier alpha value is -1.79. The van der Waals surface area contributed by atoms with Crippen LogP contribution in [0.1, 0.15) is 24.3 Å². The van der Waals surface area contributed by atoms with Gasteiger partial charge < -0.3 is 10.4 Å². The quantitative estimate of drug-likeness (QED) is 0.892. The maximum atomic E-state index is 12.9. The molecule has 1 aromatic heterocycles. The Bertz CT molecular complexity index is 610. The lowest BCUT2D eigenvalue weighted by molar-refractivity contribution is 0.0868. The number of nitrogens with zero attached hydrogens (tertiary/aromatic N) is 1. The standard InChI is InChI=1S/C15H17FN2O2S/c1-9(2)13(19)7-17-14(20)12-8-21-15(18-12)10-3-5-11(16)6-4-10/h3-6,8-9,13,19H,7H2,1-2H3,(H,17,20). The number of aliphatic hydroxyl groups is 1. The molecule has 0 aliphatic rings. The number of hydrogen-bond donors (Lipinski definition) is 2. The minimum Gasteiger partial charge on any atom is -0.391 e. The van der Waals surface area contributed by atoms with Crippen LogP contribution < -0.4 is 5.32 Å². The third-order valence-corrected chi connectivity index (χ3v) is 3.96. The van der Waals surface area contributed by atoms with Gasteiger partial charge in [-0.3, -0.25) is 4.79 Å². The first-order chi connectivity index (χ1) is 9.97. The molecule has 1 atom stereocenters. The van der Waals surface area contributed by atoms with Crippen molar-refractivity contribution in [2.45, 2.75) is 20.0 Å². The summed E-state index contributed by atoms with van der Waals surface area (Å²) in [5, 5.41) is 14.6. The maximum absolute atomic E-state index is 12.9. The topological polar surface area (TPSA) is 62.2 Å². The molecular formula is C15H17FN2O2S. The SMILES string of the molecule is CC(C)C(O)CNC(=O)c1csc(-c2ccc(F)cc2)n1. The molecule has 0 fully saturated rings. The summed E-state index contributed by atoms with van der Waals surface area (Å²) in [7, 11) is 0. The molecule has 112 valence electrons. The van der Waals surface area contributed by atoms with Gasteiger partial charge in [-0.1, -0.05) is 13.8 Å². The van der Waals surface area contributed by atoms with E-state index in [1.807, 2.05) is 13.8 Å². The summed E-state index contributed by atoms with van der Waals surface area (Å²) >= 11 is 1.32. The van der Waals surface area contributed by atoms with Crippen LogP contribution in [0.4, 0.5) is 4.39 Å². The molecule has 0 aliphatic carbocycles. The number of aliphatic hydroxyl groups excluding tert-OH is 1. The van der Waals surface area contributed by atoms with Crippen LogP contribution in [0.25, 0.3) is 10.6 Å². The van der Waals surface area contributed by atoms with E-state index >= 15 is 0 Å². The van der Waals surface area contributed by atoms with Crippen molar-refractivity contribution in [2.24, 2.45) is 5.92 Å². The van der Waals surface area contributed by atoms with E-state index in [9.17, 15) is 14.3 Å². The van der Waals surface area contributed by atoms with E-state index in [0.717, 1.165) is 5.56 Å². The van der Waals surface area contributed by atoms with E-state index in [1.165, 1.54) is 23.5 Å². The predicted octanol–water partition coefficient (Wildman–Crippen LogP) is 2.70. The predicted molar refractivity (Wildman–Crippen MR) is 80.7 cm³/mol. The van der Waals surface area contributed by atoms with E-state index in [2.05, 4.69) is 10.3 Å². The highest BCUT2D eigenvalue weighted by Gasteiger charge is 2.14. The van der Waals surface area contributed by atoms with Gasteiger partial charge in [-0.2, -0.15) is 0 Å². The fourth-order valence-electron chi connectivity index (χ4n) is 1.63. The number of aromatic nitrogens is 1. The lowest BCUT2D eigenvalue weighted by atomic mass is 10.1. The van der Waals surface area contributed by atoms with Crippen molar-refractivity contribution in [3.63, 3.8) is 0 Å². The summed E-state index contributed by atoms with van der Waals surface area (Å²) in [4.78, 5) is 16.2. The minimum atomic E-state index is -0.579. The summed E-state index contributed by atoms with van der Waals surface area (Å²) in [6.45, 7) is 3.96. The number of nitrogens with one attached hydrogen (secondary N) is 1. The van der Waals surface area contributed by atoms with Crippen molar-refractivity contribution in [3.8, 4) is 10.6 Å². The Balaban J connectivity index is 2.02. The number of amides is 1. The van der Waals surface area contributed by atoms with Crippen molar-refractivity contribution in [1.82, 2.24) is 10.3 Å². The van der Waals surface area contributed by atoms with E-state index in [4.69, 9.17) is 0 Å². The third-order valence-electron chi connectivity index (χ3n) is 3.07. The molecule has 0 saturated carbocycles. The van der Waals surface area contributed by atoms with E-state index < -0.39 is 6.10 Å². The lowest BCUT2D eigenvalue weighted by Crippen LogP contribution is -2.34. The first-order valence-electron chi connectivity index (χ1n) is 6.65. The van der Waals surface area contributed by atoms with Crippen molar-refractivity contribution in [3.05, 3.63) is 41.2 Å². The average molecular weight is 308 g/mol. The van der Waals surface area contributed by atoms with Crippen molar-refractivity contribution in [1.29, 1.82) is 0 Å². The molecule has 2 rings (SSSR count). The van der Waals surface area contributed by atoms with Crippen LogP contribution in [0.5, 0.6) is 0 Å². The zero-order valence-corrected chi connectivity index (χ0v) is 12.7. The van der Waals surface area contributed by atoms with Crippen LogP contribution in [-0.4, -0.2) is 28.6 Å². The van der Waals surface area contributed by atoms with Gasteiger partial charge >= 0.3 is 0 Å². The maximum Gasteiger partial charge on any atom is 0.270 e. The zero-order valence-electron chi connectivity index (χ0n) is 11.8. The molecule has 2 N–H and O–H groups in total. The Morgan fingerprint density at radius 3 is 2.67 bits per heavy atom. The first kappa shape index (κ1) is 15.6. The van der Waals surface area contributed by atoms with Crippen LogP contribution in [0.3, 0.4) is 0 Å². The van der Waals surface area contributed by atoms with E-state index in [-0.39, 0.29) is 24.2 Å². The van der Waals surface area contributed by atoms with Gasteiger partial charge in [0.15, 0.2) is 0 Å².